The number of hydrogen-bond acceptors (Lipinski definition) is 8. The molecule has 0 bridgehead atoms. The number of imide groups is 1. The van der Waals surface area contributed by atoms with E-state index in [2.05, 4.69) is 5.32 Å². The zero-order chi connectivity index (χ0) is 26.5. The van der Waals surface area contributed by atoms with E-state index in [1.807, 2.05) is 0 Å². The molecule has 3 aromatic carbocycles. The van der Waals surface area contributed by atoms with Gasteiger partial charge in [-0.05, 0) is 23.8 Å². The number of carbonyl (C=O) groups is 4. The zero-order valence-corrected chi connectivity index (χ0v) is 19.6. The van der Waals surface area contributed by atoms with Crippen LogP contribution in [0, 0.1) is 10.1 Å². The standard InChI is InChI=1S/C26H21N3O8/c1-36-22-14-17(29(34)35)11-12-20(22)27-23(30)15-37-26(33)21(13-16-7-3-2-4-8-16)28-24(31)18-9-5-6-10-19(18)25(28)32/h2-12,14,21H,13,15H2,1H3,(H,27,30). The molecule has 11 heteroatoms. The van der Waals surface area contributed by atoms with E-state index in [-0.39, 0.29) is 34.7 Å². The van der Waals surface area contributed by atoms with Crippen LogP contribution >= 0.6 is 0 Å². The maximum atomic E-state index is 13.1. The first-order chi connectivity index (χ1) is 17.8. The minimum atomic E-state index is -1.31. The maximum absolute atomic E-state index is 13.1. The summed E-state index contributed by atoms with van der Waals surface area (Å²) in [5.74, 6) is -2.90. The molecule has 0 aromatic heterocycles. The van der Waals surface area contributed by atoms with Gasteiger partial charge in [0.1, 0.15) is 11.8 Å². The maximum Gasteiger partial charge on any atom is 0.330 e. The Morgan fingerprint density at radius 1 is 0.973 bits per heavy atom. The van der Waals surface area contributed by atoms with E-state index in [4.69, 9.17) is 9.47 Å². The van der Waals surface area contributed by atoms with Crippen molar-refractivity contribution in [2.75, 3.05) is 19.0 Å². The van der Waals surface area contributed by atoms with Gasteiger partial charge in [0.25, 0.3) is 23.4 Å². The topological polar surface area (TPSA) is 145 Å². The number of fused-ring (bicyclic) bond motifs is 1. The van der Waals surface area contributed by atoms with Gasteiger partial charge in [-0.3, -0.25) is 29.4 Å². The Morgan fingerprint density at radius 2 is 1.59 bits per heavy atom. The summed E-state index contributed by atoms with van der Waals surface area (Å²) in [5, 5.41) is 13.4. The number of methoxy groups -OCH3 is 1. The Bertz CT molecular complexity index is 1350. The third-order valence-electron chi connectivity index (χ3n) is 5.70. The SMILES string of the molecule is COc1cc([N+](=O)[O-])ccc1NC(=O)COC(=O)C(Cc1ccccc1)N1C(=O)c2ccccc2C1=O. The number of carbonyl (C=O) groups excluding carboxylic acids is 4. The molecule has 0 saturated carbocycles. The number of nitro groups is 1. The van der Waals surface area contributed by atoms with Gasteiger partial charge in [-0.2, -0.15) is 0 Å². The van der Waals surface area contributed by atoms with Crippen LogP contribution in [0.2, 0.25) is 0 Å². The fourth-order valence-corrected chi connectivity index (χ4v) is 3.92. The van der Waals surface area contributed by atoms with E-state index in [1.54, 1.807) is 42.5 Å². The van der Waals surface area contributed by atoms with E-state index < -0.39 is 41.3 Å². The summed E-state index contributed by atoms with van der Waals surface area (Å²) >= 11 is 0. The molecule has 1 aliphatic rings. The van der Waals surface area contributed by atoms with E-state index in [0.29, 0.717) is 5.56 Å². The van der Waals surface area contributed by atoms with Crippen molar-refractivity contribution in [3.05, 3.63) is 99.6 Å². The van der Waals surface area contributed by atoms with Crippen LogP contribution in [-0.4, -0.2) is 53.3 Å². The van der Waals surface area contributed by atoms with Crippen molar-refractivity contribution in [3.8, 4) is 5.75 Å². The normalized spacial score (nSPS) is 13.1. The van der Waals surface area contributed by atoms with Crippen molar-refractivity contribution in [1.29, 1.82) is 0 Å². The fraction of sp³-hybridized carbons (Fsp3) is 0.154. The number of nitro benzene ring substituents is 1. The van der Waals surface area contributed by atoms with E-state index >= 15 is 0 Å². The lowest BCUT2D eigenvalue weighted by Gasteiger charge is -2.24. The number of esters is 1. The molecule has 0 saturated heterocycles. The second-order valence-electron chi connectivity index (χ2n) is 8.03. The van der Waals surface area contributed by atoms with Crippen molar-refractivity contribution >= 4 is 35.1 Å². The largest absolute Gasteiger partial charge is 0.494 e. The molecule has 1 unspecified atom stereocenters. The molecule has 0 aliphatic carbocycles. The number of anilines is 1. The first-order valence-corrected chi connectivity index (χ1v) is 11.1. The molecule has 0 fully saturated rings. The number of benzene rings is 3. The molecular formula is C26H21N3O8. The van der Waals surface area contributed by atoms with Gasteiger partial charge in [0.05, 0.1) is 34.9 Å². The number of nitrogens with one attached hydrogen (secondary N) is 1. The third kappa shape index (κ3) is 5.30. The van der Waals surface area contributed by atoms with Gasteiger partial charge in [0.2, 0.25) is 0 Å². The van der Waals surface area contributed by atoms with Gasteiger partial charge in [-0.15, -0.1) is 0 Å². The van der Waals surface area contributed by atoms with Crippen molar-refractivity contribution in [2.45, 2.75) is 12.5 Å². The molecular weight excluding hydrogens is 482 g/mol. The molecule has 1 aliphatic heterocycles. The second kappa shape index (κ2) is 10.7. The highest BCUT2D eigenvalue weighted by molar-refractivity contribution is 6.22. The summed E-state index contributed by atoms with van der Waals surface area (Å²) in [6.45, 7) is -0.729. The van der Waals surface area contributed by atoms with Gasteiger partial charge in [-0.1, -0.05) is 42.5 Å². The van der Waals surface area contributed by atoms with Gasteiger partial charge in [0, 0.05) is 12.5 Å². The van der Waals surface area contributed by atoms with E-state index in [9.17, 15) is 29.3 Å². The average molecular weight is 503 g/mol. The van der Waals surface area contributed by atoms with Crippen LogP contribution < -0.4 is 10.1 Å². The van der Waals surface area contributed by atoms with Crippen molar-refractivity contribution in [2.24, 2.45) is 0 Å². The Morgan fingerprint density at radius 3 is 2.19 bits per heavy atom. The van der Waals surface area contributed by atoms with Crippen LogP contribution in [0.4, 0.5) is 11.4 Å². The molecule has 1 N–H and O–H groups in total. The smallest absolute Gasteiger partial charge is 0.330 e. The summed E-state index contributed by atoms with van der Waals surface area (Å²) in [6, 6.07) is 17.3. The summed E-state index contributed by atoms with van der Waals surface area (Å²) < 4.78 is 10.3. The molecule has 3 amide bonds. The van der Waals surface area contributed by atoms with Crippen LogP contribution in [0.25, 0.3) is 0 Å². The number of ether oxygens (including phenoxy) is 2. The molecule has 37 heavy (non-hydrogen) atoms. The number of nitrogens with zero attached hydrogens (tertiary/aromatic N) is 2. The summed E-state index contributed by atoms with van der Waals surface area (Å²) in [7, 11) is 1.28. The number of amides is 3. The minimum Gasteiger partial charge on any atom is -0.494 e. The highest BCUT2D eigenvalue weighted by Crippen LogP contribution is 2.29. The van der Waals surface area contributed by atoms with Crippen molar-refractivity contribution in [1.82, 2.24) is 4.90 Å². The van der Waals surface area contributed by atoms with Gasteiger partial charge in [-0.25, -0.2) is 4.79 Å². The third-order valence-corrected chi connectivity index (χ3v) is 5.70. The molecule has 1 heterocycles. The van der Waals surface area contributed by atoms with Crippen LogP contribution in [0.1, 0.15) is 26.3 Å². The van der Waals surface area contributed by atoms with Crippen LogP contribution in [0.3, 0.4) is 0 Å². The Kier molecular flexibility index (Phi) is 7.23. The number of non-ortho nitro benzene ring substituents is 1. The summed E-state index contributed by atoms with van der Waals surface area (Å²) in [5.41, 5.74) is 0.949. The lowest BCUT2D eigenvalue weighted by Crippen LogP contribution is -2.47. The Labute approximate surface area is 210 Å². The first kappa shape index (κ1) is 25.0. The lowest BCUT2D eigenvalue weighted by atomic mass is 10.0. The molecule has 11 nitrogen and oxygen atoms in total. The van der Waals surface area contributed by atoms with Crippen molar-refractivity contribution in [3.63, 3.8) is 0 Å². The average Bonchev–Trinajstić information content (AvgIpc) is 3.16. The van der Waals surface area contributed by atoms with Gasteiger partial charge >= 0.3 is 5.97 Å². The molecule has 1 atom stereocenters. The number of rotatable bonds is 9. The van der Waals surface area contributed by atoms with Gasteiger partial charge < -0.3 is 14.8 Å². The number of hydrogen-bond donors (Lipinski definition) is 1. The molecule has 188 valence electrons. The van der Waals surface area contributed by atoms with Crippen molar-refractivity contribution < 1.29 is 33.6 Å². The zero-order valence-electron chi connectivity index (χ0n) is 19.6. The Hall–Kier alpha value is -5.06. The van der Waals surface area contributed by atoms with E-state index in [0.717, 1.165) is 11.0 Å². The summed E-state index contributed by atoms with van der Waals surface area (Å²) in [6.07, 6.45) is -0.0110. The molecule has 4 rings (SSSR count). The summed E-state index contributed by atoms with van der Waals surface area (Å²) in [4.78, 5) is 62.9. The van der Waals surface area contributed by atoms with E-state index in [1.165, 1.54) is 31.4 Å². The highest BCUT2D eigenvalue weighted by Gasteiger charge is 2.43. The van der Waals surface area contributed by atoms with Gasteiger partial charge in [0.15, 0.2) is 6.61 Å². The monoisotopic (exact) mass is 503 g/mol. The molecule has 3 aromatic rings. The fourth-order valence-electron chi connectivity index (χ4n) is 3.92. The predicted molar refractivity (Wildman–Crippen MR) is 130 cm³/mol. The highest BCUT2D eigenvalue weighted by atomic mass is 16.6. The molecule has 0 radical (unpaired) electrons. The second-order valence-corrected chi connectivity index (χ2v) is 8.03. The Balaban J connectivity index is 1.50. The van der Waals surface area contributed by atoms with Crippen LogP contribution in [0.15, 0.2) is 72.8 Å². The first-order valence-electron chi connectivity index (χ1n) is 11.1. The quantitative estimate of drug-likeness (QED) is 0.203. The van der Waals surface area contributed by atoms with Crippen LogP contribution in [0.5, 0.6) is 5.75 Å². The minimum absolute atomic E-state index is 0.0110. The molecule has 0 spiro atoms. The predicted octanol–water partition coefficient (Wildman–Crippen LogP) is 2.99. The lowest BCUT2D eigenvalue weighted by molar-refractivity contribution is -0.384. The van der Waals surface area contributed by atoms with Crippen LogP contribution in [-0.2, 0) is 20.7 Å².